The Morgan fingerprint density at radius 1 is 1.31 bits per heavy atom. The standard InChI is InChI=1S/C11H14N2O3/c1-7-5-9-10(16-4-3-15-9)6-8(7)11(14)13(2)12/h5-6H,3-4,12H2,1-2H3. The van der Waals surface area contributed by atoms with Crippen LogP contribution in [0, 0.1) is 6.92 Å². The highest BCUT2D eigenvalue weighted by Crippen LogP contribution is 2.33. The molecular weight excluding hydrogens is 208 g/mol. The predicted octanol–water partition coefficient (Wildman–Crippen LogP) is 0.712. The topological polar surface area (TPSA) is 64.8 Å². The van der Waals surface area contributed by atoms with Crippen LogP contribution in [0.4, 0.5) is 0 Å². The van der Waals surface area contributed by atoms with E-state index in [0.717, 1.165) is 10.6 Å². The fourth-order valence-electron chi connectivity index (χ4n) is 1.61. The lowest BCUT2D eigenvalue weighted by molar-refractivity contribution is 0.0793. The number of aryl methyl sites for hydroxylation is 1. The minimum absolute atomic E-state index is 0.241. The minimum Gasteiger partial charge on any atom is -0.486 e. The molecule has 1 aromatic rings. The maximum Gasteiger partial charge on any atom is 0.267 e. The molecule has 1 amide bonds. The smallest absolute Gasteiger partial charge is 0.267 e. The summed E-state index contributed by atoms with van der Waals surface area (Å²) in [6, 6.07) is 3.47. The lowest BCUT2D eigenvalue weighted by Gasteiger charge is -2.20. The van der Waals surface area contributed by atoms with E-state index in [0.29, 0.717) is 30.3 Å². The first-order valence-corrected chi connectivity index (χ1v) is 5.02. The molecule has 5 nitrogen and oxygen atoms in total. The number of hydrogen-bond acceptors (Lipinski definition) is 4. The van der Waals surface area contributed by atoms with Crippen LogP contribution < -0.4 is 15.3 Å². The van der Waals surface area contributed by atoms with Gasteiger partial charge in [0.05, 0.1) is 0 Å². The second-order valence-electron chi connectivity index (χ2n) is 3.73. The summed E-state index contributed by atoms with van der Waals surface area (Å²) in [4.78, 5) is 11.8. The van der Waals surface area contributed by atoms with Gasteiger partial charge in [-0.15, -0.1) is 0 Å². The summed E-state index contributed by atoms with van der Waals surface area (Å²) < 4.78 is 10.8. The molecule has 1 heterocycles. The summed E-state index contributed by atoms with van der Waals surface area (Å²) in [7, 11) is 1.51. The Hall–Kier alpha value is -1.75. The fraction of sp³-hybridized carbons (Fsp3) is 0.364. The van der Waals surface area contributed by atoms with Gasteiger partial charge < -0.3 is 9.47 Å². The minimum atomic E-state index is -0.241. The number of nitrogens with two attached hydrogens (primary N) is 1. The van der Waals surface area contributed by atoms with E-state index in [4.69, 9.17) is 15.3 Å². The third-order valence-electron chi connectivity index (χ3n) is 2.44. The third kappa shape index (κ3) is 1.81. The van der Waals surface area contributed by atoms with Crippen molar-refractivity contribution in [1.29, 1.82) is 0 Å². The molecule has 2 N–H and O–H groups in total. The molecule has 1 aliphatic rings. The summed E-state index contributed by atoms with van der Waals surface area (Å²) in [5.41, 5.74) is 1.36. The zero-order chi connectivity index (χ0) is 11.7. The molecule has 1 aromatic carbocycles. The number of amides is 1. The second kappa shape index (κ2) is 4.02. The SMILES string of the molecule is Cc1cc2c(cc1C(=O)N(C)N)OCCO2. The number of hydrazine groups is 1. The van der Waals surface area contributed by atoms with E-state index in [1.807, 2.05) is 6.92 Å². The highest BCUT2D eigenvalue weighted by atomic mass is 16.6. The number of carbonyl (C=O) groups excluding carboxylic acids is 1. The van der Waals surface area contributed by atoms with E-state index >= 15 is 0 Å². The van der Waals surface area contributed by atoms with E-state index in [1.165, 1.54) is 7.05 Å². The Labute approximate surface area is 93.7 Å². The van der Waals surface area contributed by atoms with Crippen LogP contribution in [0.5, 0.6) is 11.5 Å². The Balaban J connectivity index is 2.43. The van der Waals surface area contributed by atoms with E-state index in [1.54, 1.807) is 12.1 Å². The number of benzene rings is 1. The third-order valence-corrected chi connectivity index (χ3v) is 2.44. The summed E-state index contributed by atoms with van der Waals surface area (Å²) in [6.07, 6.45) is 0. The number of ether oxygens (including phenoxy) is 2. The van der Waals surface area contributed by atoms with Crippen LogP contribution in [-0.2, 0) is 0 Å². The number of nitrogens with zero attached hydrogens (tertiary/aromatic N) is 1. The van der Waals surface area contributed by atoms with Gasteiger partial charge in [0, 0.05) is 12.6 Å². The molecule has 0 aliphatic carbocycles. The summed E-state index contributed by atoms with van der Waals surface area (Å²) in [5.74, 6) is 6.46. The van der Waals surface area contributed by atoms with Gasteiger partial charge in [-0.05, 0) is 24.6 Å². The van der Waals surface area contributed by atoms with Crippen molar-refractivity contribution < 1.29 is 14.3 Å². The van der Waals surface area contributed by atoms with E-state index < -0.39 is 0 Å². The van der Waals surface area contributed by atoms with Gasteiger partial charge in [0.15, 0.2) is 11.5 Å². The first-order chi connectivity index (χ1) is 7.59. The van der Waals surface area contributed by atoms with E-state index in [9.17, 15) is 4.79 Å². The molecule has 1 aliphatic heterocycles. The van der Waals surface area contributed by atoms with E-state index in [2.05, 4.69) is 0 Å². The fourth-order valence-corrected chi connectivity index (χ4v) is 1.61. The molecule has 5 heteroatoms. The average molecular weight is 222 g/mol. The highest BCUT2D eigenvalue weighted by Gasteiger charge is 2.18. The van der Waals surface area contributed by atoms with Crippen molar-refractivity contribution in [2.24, 2.45) is 5.84 Å². The van der Waals surface area contributed by atoms with Gasteiger partial charge in [-0.3, -0.25) is 9.80 Å². The van der Waals surface area contributed by atoms with Crippen LogP contribution in [0.1, 0.15) is 15.9 Å². The summed E-state index contributed by atoms with van der Waals surface area (Å²) >= 11 is 0. The highest BCUT2D eigenvalue weighted by molar-refractivity contribution is 5.95. The van der Waals surface area contributed by atoms with Gasteiger partial charge in [0.25, 0.3) is 5.91 Å². The van der Waals surface area contributed by atoms with Gasteiger partial charge in [-0.2, -0.15) is 0 Å². The second-order valence-corrected chi connectivity index (χ2v) is 3.73. The Morgan fingerprint density at radius 3 is 2.44 bits per heavy atom. The van der Waals surface area contributed by atoms with Crippen LogP contribution >= 0.6 is 0 Å². The van der Waals surface area contributed by atoms with Crippen molar-refractivity contribution in [3.8, 4) is 11.5 Å². The first-order valence-electron chi connectivity index (χ1n) is 5.02. The van der Waals surface area contributed by atoms with Gasteiger partial charge in [-0.25, -0.2) is 5.84 Å². The lowest BCUT2D eigenvalue weighted by Crippen LogP contribution is -2.33. The molecule has 0 saturated heterocycles. The van der Waals surface area contributed by atoms with Crippen molar-refractivity contribution in [2.75, 3.05) is 20.3 Å². The van der Waals surface area contributed by atoms with Crippen LogP contribution in [-0.4, -0.2) is 31.2 Å². The molecule has 2 rings (SSSR count). The van der Waals surface area contributed by atoms with Crippen molar-refractivity contribution in [2.45, 2.75) is 6.92 Å². The molecule has 86 valence electrons. The zero-order valence-corrected chi connectivity index (χ0v) is 9.32. The van der Waals surface area contributed by atoms with Gasteiger partial charge >= 0.3 is 0 Å². The Bertz CT molecular complexity index is 429. The van der Waals surface area contributed by atoms with Crippen molar-refractivity contribution in [3.05, 3.63) is 23.3 Å². The number of hydrogen-bond donors (Lipinski definition) is 1. The average Bonchev–Trinajstić information content (AvgIpc) is 2.27. The lowest BCUT2D eigenvalue weighted by atomic mass is 10.1. The van der Waals surface area contributed by atoms with Crippen molar-refractivity contribution in [1.82, 2.24) is 5.01 Å². The largest absolute Gasteiger partial charge is 0.486 e. The molecule has 0 radical (unpaired) electrons. The molecule has 16 heavy (non-hydrogen) atoms. The maximum atomic E-state index is 11.8. The molecule has 0 saturated carbocycles. The number of carbonyl (C=O) groups is 1. The molecule has 0 fully saturated rings. The molecule has 0 aromatic heterocycles. The molecule has 0 bridgehead atoms. The van der Waals surface area contributed by atoms with Gasteiger partial charge in [0.1, 0.15) is 13.2 Å². The molecular formula is C11H14N2O3. The van der Waals surface area contributed by atoms with E-state index in [-0.39, 0.29) is 5.91 Å². The first kappa shape index (κ1) is 10.8. The Morgan fingerprint density at radius 2 is 1.88 bits per heavy atom. The monoisotopic (exact) mass is 222 g/mol. The van der Waals surface area contributed by atoms with Crippen LogP contribution in [0.2, 0.25) is 0 Å². The predicted molar refractivity (Wildman–Crippen MR) is 58.4 cm³/mol. The van der Waals surface area contributed by atoms with Gasteiger partial charge in [-0.1, -0.05) is 0 Å². The van der Waals surface area contributed by atoms with Crippen LogP contribution in [0.25, 0.3) is 0 Å². The van der Waals surface area contributed by atoms with Crippen LogP contribution in [0.3, 0.4) is 0 Å². The molecule has 0 spiro atoms. The number of rotatable bonds is 1. The maximum absolute atomic E-state index is 11.8. The molecule has 0 atom stereocenters. The van der Waals surface area contributed by atoms with Crippen molar-refractivity contribution in [3.63, 3.8) is 0 Å². The van der Waals surface area contributed by atoms with Crippen LogP contribution in [0.15, 0.2) is 12.1 Å². The zero-order valence-electron chi connectivity index (χ0n) is 9.32. The summed E-state index contributed by atoms with van der Waals surface area (Å²) in [6.45, 7) is 2.88. The van der Waals surface area contributed by atoms with Gasteiger partial charge in [0.2, 0.25) is 0 Å². The number of fused-ring (bicyclic) bond motifs is 1. The summed E-state index contributed by atoms with van der Waals surface area (Å²) in [5, 5.41) is 1.05. The normalized spacial score (nSPS) is 13.4. The van der Waals surface area contributed by atoms with Crippen molar-refractivity contribution >= 4 is 5.91 Å². The Kier molecular flexibility index (Phi) is 2.70. The quantitative estimate of drug-likeness (QED) is 0.432. The molecule has 0 unspecified atom stereocenters.